The largest absolute Gasteiger partial charge is 0.425 e. The van der Waals surface area contributed by atoms with E-state index in [0.717, 1.165) is 12.5 Å². The van der Waals surface area contributed by atoms with Crippen molar-refractivity contribution in [2.45, 2.75) is 0 Å². The molecule has 0 unspecified atom stereocenters. The summed E-state index contributed by atoms with van der Waals surface area (Å²) in [4.78, 5) is 20.0. The maximum atomic E-state index is 10.0. The Kier molecular flexibility index (Phi) is 4.87. The quantitative estimate of drug-likeness (QED) is 0.339. The number of ether oxygens (including phenoxy) is 1. The van der Waals surface area contributed by atoms with E-state index in [1.54, 1.807) is 0 Å². The molecular formula is C4H5NO3S2. The van der Waals surface area contributed by atoms with Gasteiger partial charge in [-0.3, -0.25) is 4.79 Å². The van der Waals surface area contributed by atoms with Crippen molar-refractivity contribution in [3.8, 4) is 0 Å². The van der Waals surface area contributed by atoms with Gasteiger partial charge in [0, 0.05) is 6.20 Å². The summed E-state index contributed by atoms with van der Waals surface area (Å²) in [6, 6.07) is 0. The Labute approximate surface area is 68.4 Å². The van der Waals surface area contributed by atoms with Gasteiger partial charge in [0.05, 0.1) is 0 Å². The number of rotatable bonds is 2. The van der Waals surface area contributed by atoms with Crippen LogP contribution in [0.3, 0.4) is 0 Å². The lowest BCUT2D eigenvalue weighted by atomic mass is 10.9. The third-order valence-electron chi connectivity index (χ3n) is 0.444. The first kappa shape index (κ1) is 9.38. The second kappa shape index (κ2) is 5.19. The molecule has 0 aliphatic heterocycles. The lowest BCUT2D eigenvalue weighted by Gasteiger charge is -1.90. The maximum Gasteiger partial charge on any atom is 0.369 e. The van der Waals surface area contributed by atoms with E-state index in [1.165, 1.54) is 0 Å². The summed E-state index contributed by atoms with van der Waals surface area (Å²) in [5.74, 6) is 0. The number of nitrogens with one attached hydrogen (secondary N) is 1. The highest BCUT2D eigenvalue weighted by Crippen LogP contribution is 1.85. The van der Waals surface area contributed by atoms with Crippen LogP contribution in [0.4, 0.5) is 9.59 Å². The number of thiol groups is 2. The summed E-state index contributed by atoms with van der Waals surface area (Å²) in [5.41, 5.74) is 0. The van der Waals surface area contributed by atoms with Gasteiger partial charge in [-0.1, -0.05) is 25.3 Å². The van der Waals surface area contributed by atoms with Gasteiger partial charge in [0.1, 0.15) is 6.26 Å². The van der Waals surface area contributed by atoms with Crippen LogP contribution < -0.4 is 5.32 Å². The fourth-order valence-corrected chi connectivity index (χ4v) is 0.333. The van der Waals surface area contributed by atoms with Crippen LogP contribution in [0.1, 0.15) is 0 Å². The molecule has 0 rings (SSSR count). The predicted molar refractivity (Wildman–Crippen MR) is 42.1 cm³/mol. The topological polar surface area (TPSA) is 55.4 Å². The van der Waals surface area contributed by atoms with Crippen molar-refractivity contribution in [1.82, 2.24) is 5.32 Å². The Bertz CT molecular complexity index is 150. The molecule has 0 spiro atoms. The van der Waals surface area contributed by atoms with Crippen LogP contribution in [0.2, 0.25) is 0 Å². The van der Waals surface area contributed by atoms with E-state index in [-0.39, 0.29) is 0 Å². The molecule has 0 saturated heterocycles. The first-order valence-corrected chi connectivity index (χ1v) is 3.06. The molecule has 56 valence electrons. The summed E-state index contributed by atoms with van der Waals surface area (Å²) in [6.45, 7) is 0. The molecule has 0 bridgehead atoms. The molecule has 4 nitrogen and oxygen atoms in total. The maximum absolute atomic E-state index is 10.0. The van der Waals surface area contributed by atoms with Gasteiger partial charge < -0.3 is 10.1 Å². The zero-order valence-electron chi connectivity index (χ0n) is 4.77. The minimum absolute atomic E-state index is 0.536. The van der Waals surface area contributed by atoms with Gasteiger partial charge in [-0.2, -0.15) is 0 Å². The number of carbonyl (C=O) groups excluding carboxylic acids is 2. The zero-order valence-corrected chi connectivity index (χ0v) is 6.56. The van der Waals surface area contributed by atoms with Crippen molar-refractivity contribution in [3.63, 3.8) is 0 Å². The summed E-state index contributed by atoms with van der Waals surface area (Å²) in [7, 11) is 0. The van der Waals surface area contributed by atoms with E-state index in [2.05, 4.69) is 35.3 Å². The molecule has 0 aliphatic rings. The molecule has 10 heavy (non-hydrogen) atoms. The molecule has 0 fully saturated rings. The second-order valence-corrected chi connectivity index (χ2v) is 1.91. The monoisotopic (exact) mass is 179 g/mol. The van der Waals surface area contributed by atoms with Crippen molar-refractivity contribution in [2.24, 2.45) is 0 Å². The zero-order chi connectivity index (χ0) is 7.98. The van der Waals surface area contributed by atoms with Crippen molar-refractivity contribution in [2.75, 3.05) is 0 Å². The Morgan fingerprint density at radius 2 is 2.00 bits per heavy atom. The van der Waals surface area contributed by atoms with E-state index in [0.29, 0.717) is 0 Å². The standard InChI is InChI=1S/C4H5NO3S2/c6-3(9)5-1-2-8-4(7)10/h1-2H,(H,7,10)(H2,5,6,9)/b2-1+. The number of hydrogen-bond acceptors (Lipinski definition) is 3. The van der Waals surface area contributed by atoms with Gasteiger partial charge in [0.25, 0.3) is 5.24 Å². The Morgan fingerprint density at radius 3 is 2.40 bits per heavy atom. The molecule has 0 atom stereocenters. The van der Waals surface area contributed by atoms with Gasteiger partial charge in [-0.15, -0.1) is 0 Å². The van der Waals surface area contributed by atoms with E-state index in [4.69, 9.17) is 0 Å². The van der Waals surface area contributed by atoms with Crippen molar-refractivity contribution < 1.29 is 14.3 Å². The average Bonchev–Trinajstić information content (AvgIpc) is 1.79. The fourth-order valence-electron chi connectivity index (χ4n) is 0.198. The minimum Gasteiger partial charge on any atom is -0.425 e. The van der Waals surface area contributed by atoms with Crippen LogP contribution >= 0.6 is 25.3 Å². The SMILES string of the molecule is O=C(S)N/C=C/OC(=O)S. The number of amides is 1. The van der Waals surface area contributed by atoms with Gasteiger partial charge in [-0.25, -0.2) is 4.79 Å². The average molecular weight is 179 g/mol. The number of carbonyl (C=O) groups is 2. The highest BCUT2D eigenvalue weighted by atomic mass is 32.1. The Hall–Kier alpha value is -0.620. The summed E-state index contributed by atoms with van der Waals surface area (Å²) in [5, 5.41) is 0.853. The fraction of sp³-hybridized carbons (Fsp3) is 0. The van der Waals surface area contributed by atoms with Gasteiger partial charge >= 0.3 is 5.30 Å². The van der Waals surface area contributed by atoms with E-state index < -0.39 is 10.5 Å². The van der Waals surface area contributed by atoms with Crippen LogP contribution in [-0.2, 0) is 4.74 Å². The smallest absolute Gasteiger partial charge is 0.369 e. The molecule has 6 heteroatoms. The van der Waals surface area contributed by atoms with Gasteiger partial charge in [0.2, 0.25) is 0 Å². The molecule has 0 saturated carbocycles. The van der Waals surface area contributed by atoms with E-state index in [9.17, 15) is 9.59 Å². The number of hydrogen-bond donors (Lipinski definition) is 3. The molecule has 1 amide bonds. The first-order chi connectivity index (χ1) is 4.63. The Morgan fingerprint density at radius 1 is 1.40 bits per heavy atom. The van der Waals surface area contributed by atoms with Gasteiger partial charge in [0.15, 0.2) is 0 Å². The van der Waals surface area contributed by atoms with Crippen LogP contribution in [0.25, 0.3) is 0 Å². The predicted octanol–water partition coefficient (Wildman–Crippen LogP) is 1.16. The lowest BCUT2D eigenvalue weighted by molar-refractivity contribution is 0.214. The molecule has 1 N–H and O–H groups in total. The van der Waals surface area contributed by atoms with Crippen LogP contribution in [0, 0.1) is 0 Å². The van der Waals surface area contributed by atoms with E-state index in [1.807, 2.05) is 0 Å². The summed E-state index contributed by atoms with van der Waals surface area (Å²) < 4.78 is 4.19. The van der Waals surface area contributed by atoms with Crippen LogP contribution in [0.15, 0.2) is 12.5 Å². The van der Waals surface area contributed by atoms with Crippen molar-refractivity contribution in [3.05, 3.63) is 12.5 Å². The van der Waals surface area contributed by atoms with Crippen molar-refractivity contribution in [1.29, 1.82) is 0 Å². The summed E-state index contributed by atoms with van der Waals surface area (Å²) in [6.07, 6.45) is 2.12. The minimum atomic E-state index is -0.746. The van der Waals surface area contributed by atoms with Gasteiger partial charge in [-0.05, 0) is 0 Å². The molecule has 0 aromatic rings. The molecular weight excluding hydrogens is 174 g/mol. The third-order valence-corrected chi connectivity index (χ3v) is 0.678. The molecule has 0 radical (unpaired) electrons. The third kappa shape index (κ3) is 7.38. The molecule has 0 aliphatic carbocycles. The normalized spacial score (nSPS) is 9.40. The second-order valence-electron chi connectivity index (χ2n) is 1.14. The first-order valence-electron chi connectivity index (χ1n) is 2.17. The van der Waals surface area contributed by atoms with E-state index >= 15 is 0 Å². The van der Waals surface area contributed by atoms with Crippen LogP contribution in [0.5, 0.6) is 0 Å². The molecule has 0 heterocycles. The highest BCUT2D eigenvalue weighted by molar-refractivity contribution is 7.96. The molecule has 0 aromatic carbocycles. The van der Waals surface area contributed by atoms with Crippen LogP contribution in [-0.4, -0.2) is 10.5 Å². The van der Waals surface area contributed by atoms with Crippen molar-refractivity contribution >= 4 is 35.8 Å². The highest BCUT2D eigenvalue weighted by Gasteiger charge is 1.86. The summed E-state index contributed by atoms with van der Waals surface area (Å²) >= 11 is 6.64. The molecule has 0 aromatic heterocycles. The lowest BCUT2D eigenvalue weighted by Crippen LogP contribution is -2.06. The Balaban J connectivity index is 3.38.